The molecule has 0 spiro atoms. The van der Waals surface area contributed by atoms with Crippen molar-refractivity contribution in [3.05, 3.63) is 18.2 Å². The van der Waals surface area contributed by atoms with Crippen molar-refractivity contribution in [3.8, 4) is 5.75 Å². The lowest BCUT2D eigenvalue weighted by atomic mass is 10.0. The average Bonchev–Trinajstić information content (AvgIpc) is 3.04. The van der Waals surface area contributed by atoms with E-state index < -0.39 is 0 Å². The number of aromatic nitrogens is 1. The number of hydrogen-bond acceptors (Lipinski definition) is 6. The SMILES string of the molecule is CCOc1ccc2nc(NC(=O)C3COCC3N)sc2c1. The second kappa shape index (κ2) is 5.97. The number of thiazole rings is 1. The van der Waals surface area contributed by atoms with Crippen molar-refractivity contribution in [2.75, 3.05) is 25.1 Å². The standard InChI is InChI=1S/C14H17N3O3S/c1-2-20-8-3-4-11-12(5-8)21-14(16-11)17-13(18)9-6-19-7-10(9)15/h3-5,9-10H,2,6-7,15H2,1H3,(H,16,17,18). The van der Waals surface area contributed by atoms with Crippen molar-refractivity contribution in [1.82, 2.24) is 4.98 Å². The van der Waals surface area contributed by atoms with Crippen LogP contribution in [0.1, 0.15) is 6.92 Å². The molecule has 1 saturated heterocycles. The van der Waals surface area contributed by atoms with Crippen molar-refractivity contribution < 1.29 is 14.3 Å². The zero-order chi connectivity index (χ0) is 14.8. The molecule has 7 heteroatoms. The Balaban J connectivity index is 1.76. The first-order valence-corrected chi connectivity index (χ1v) is 7.66. The van der Waals surface area contributed by atoms with Gasteiger partial charge in [-0.3, -0.25) is 4.79 Å². The third kappa shape index (κ3) is 2.99. The second-order valence-electron chi connectivity index (χ2n) is 4.88. The van der Waals surface area contributed by atoms with Gasteiger partial charge in [-0.15, -0.1) is 0 Å². The minimum Gasteiger partial charge on any atom is -0.494 e. The fourth-order valence-corrected chi connectivity index (χ4v) is 3.15. The zero-order valence-corrected chi connectivity index (χ0v) is 12.5. The van der Waals surface area contributed by atoms with Crippen molar-refractivity contribution >= 4 is 32.6 Å². The molecule has 112 valence electrons. The molecule has 1 aliphatic rings. The number of anilines is 1. The van der Waals surface area contributed by atoms with Gasteiger partial charge in [0.25, 0.3) is 0 Å². The highest BCUT2D eigenvalue weighted by Gasteiger charge is 2.31. The topological polar surface area (TPSA) is 86.5 Å². The molecule has 0 aliphatic carbocycles. The van der Waals surface area contributed by atoms with Crippen LogP contribution >= 0.6 is 11.3 Å². The lowest BCUT2D eigenvalue weighted by Gasteiger charge is -2.11. The van der Waals surface area contributed by atoms with Gasteiger partial charge in [0, 0.05) is 6.04 Å². The van der Waals surface area contributed by atoms with Crippen LogP contribution in [0.3, 0.4) is 0 Å². The number of hydrogen-bond donors (Lipinski definition) is 2. The summed E-state index contributed by atoms with van der Waals surface area (Å²) in [5.41, 5.74) is 6.68. The normalized spacial score (nSPS) is 21.6. The first kappa shape index (κ1) is 14.2. The lowest BCUT2D eigenvalue weighted by Crippen LogP contribution is -2.37. The number of rotatable bonds is 4. The number of carbonyl (C=O) groups excluding carboxylic acids is 1. The van der Waals surface area contributed by atoms with Gasteiger partial charge in [-0.25, -0.2) is 4.98 Å². The Hall–Kier alpha value is -1.70. The summed E-state index contributed by atoms with van der Waals surface area (Å²) in [5, 5.41) is 3.39. The molecule has 0 saturated carbocycles. The van der Waals surface area contributed by atoms with E-state index in [0.29, 0.717) is 25.0 Å². The van der Waals surface area contributed by atoms with Crippen LogP contribution in [0.2, 0.25) is 0 Å². The summed E-state index contributed by atoms with van der Waals surface area (Å²) in [6.45, 7) is 3.35. The maximum absolute atomic E-state index is 12.1. The minimum atomic E-state index is -0.309. The number of benzene rings is 1. The largest absolute Gasteiger partial charge is 0.494 e. The fraction of sp³-hybridized carbons (Fsp3) is 0.429. The van der Waals surface area contributed by atoms with Gasteiger partial charge in [-0.05, 0) is 25.1 Å². The molecule has 6 nitrogen and oxygen atoms in total. The summed E-state index contributed by atoms with van der Waals surface area (Å²) in [4.78, 5) is 16.5. The van der Waals surface area contributed by atoms with E-state index in [2.05, 4.69) is 10.3 Å². The molecule has 21 heavy (non-hydrogen) atoms. The van der Waals surface area contributed by atoms with Crippen LogP contribution in [0.15, 0.2) is 18.2 Å². The van der Waals surface area contributed by atoms with Crippen molar-refractivity contribution in [1.29, 1.82) is 0 Å². The highest BCUT2D eigenvalue weighted by molar-refractivity contribution is 7.22. The predicted octanol–water partition coefficient (Wildman–Crippen LogP) is 1.61. The van der Waals surface area contributed by atoms with Crippen molar-refractivity contribution in [2.45, 2.75) is 13.0 Å². The van der Waals surface area contributed by atoms with Gasteiger partial charge < -0.3 is 20.5 Å². The molecule has 2 heterocycles. The molecule has 3 N–H and O–H groups in total. The monoisotopic (exact) mass is 307 g/mol. The quantitative estimate of drug-likeness (QED) is 0.896. The average molecular weight is 307 g/mol. The van der Waals surface area contributed by atoms with E-state index in [9.17, 15) is 4.79 Å². The van der Waals surface area contributed by atoms with Crippen LogP contribution < -0.4 is 15.8 Å². The maximum atomic E-state index is 12.1. The summed E-state index contributed by atoms with van der Waals surface area (Å²) in [6.07, 6.45) is 0. The number of carbonyl (C=O) groups is 1. The molecule has 0 radical (unpaired) electrons. The number of amides is 1. The van der Waals surface area contributed by atoms with Gasteiger partial charge in [0.05, 0.1) is 36.0 Å². The molecule has 3 rings (SSSR count). The highest BCUT2D eigenvalue weighted by atomic mass is 32.1. The van der Waals surface area contributed by atoms with Gasteiger partial charge in [-0.2, -0.15) is 0 Å². The van der Waals surface area contributed by atoms with E-state index >= 15 is 0 Å². The molecule has 1 amide bonds. The summed E-state index contributed by atoms with van der Waals surface area (Å²) in [7, 11) is 0. The van der Waals surface area contributed by atoms with E-state index in [4.69, 9.17) is 15.2 Å². The number of nitrogens with zero attached hydrogens (tertiary/aromatic N) is 1. The van der Waals surface area contributed by atoms with E-state index in [-0.39, 0.29) is 17.9 Å². The van der Waals surface area contributed by atoms with Gasteiger partial charge >= 0.3 is 0 Å². The van der Waals surface area contributed by atoms with Crippen LogP contribution in [0, 0.1) is 5.92 Å². The maximum Gasteiger partial charge on any atom is 0.233 e. The molecular weight excluding hydrogens is 290 g/mol. The van der Waals surface area contributed by atoms with Gasteiger partial charge in [0.2, 0.25) is 5.91 Å². The first-order chi connectivity index (χ1) is 10.2. The van der Waals surface area contributed by atoms with E-state index in [1.165, 1.54) is 11.3 Å². The number of ether oxygens (including phenoxy) is 2. The second-order valence-corrected chi connectivity index (χ2v) is 5.91. The van der Waals surface area contributed by atoms with Crippen LogP contribution in [-0.4, -0.2) is 36.8 Å². The highest BCUT2D eigenvalue weighted by Crippen LogP contribution is 2.29. The Labute approximate surface area is 126 Å². The van der Waals surface area contributed by atoms with Crippen LogP contribution in [-0.2, 0) is 9.53 Å². The first-order valence-electron chi connectivity index (χ1n) is 6.85. The minimum absolute atomic E-state index is 0.135. The zero-order valence-electron chi connectivity index (χ0n) is 11.7. The third-order valence-electron chi connectivity index (χ3n) is 3.36. The van der Waals surface area contributed by atoms with Crippen LogP contribution in [0.4, 0.5) is 5.13 Å². The fourth-order valence-electron chi connectivity index (χ4n) is 2.25. The Morgan fingerprint density at radius 2 is 2.43 bits per heavy atom. The summed E-state index contributed by atoms with van der Waals surface area (Å²) in [6, 6.07) is 5.44. The number of nitrogens with two attached hydrogens (primary N) is 1. The Kier molecular flexibility index (Phi) is 4.05. The summed E-state index contributed by atoms with van der Waals surface area (Å²) in [5.74, 6) is 0.359. The van der Waals surface area contributed by atoms with Crippen molar-refractivity contribution in [2.24, 2.45) is 11.7 Å². The van der Waals surface area contributed by atoms with Crippen LogP contribution in [0.5, 0.6) is 5.75 Å². The Morgan fingerprint density at radius 1 is 1.57 bits per heavy atom. The Morgan fingerprint density at radius 3 is 3.14 bits per heavy atom. The predicted molar refractivity (Wildman–Crippen MR) is 81.7 cm³/mol. The van der Waals surface area contributed by atoms with E-state index in [1.54, 1.807) is 0 Å². The molecule has 2 unspecified atom stereocenters. The Bertz CT molecular complexity index is 658. The van der Waals surface area contributed by atoms with Gasteiger partial charge in [0.1, 0.15) is 5.75 Å². The molecule has 2 atom stereocenters. The van der Waals surface area contributed by atoms with E-state index in [0.717, 1.165) is 16.0 Å². The van der Waals surface area contributed by atoms with Crippen molar-refractivity contribution in [3.63, 3.8) is 0 Å². The summed E-state index contributed by atoms with van der Waals surface area (Å²) < 4.78 is 11.6. The van der Waals surface area contributed by atoms with Gasteiger partial charge in [-0.1, -0.05) is 11.3 Å². The smallest absolute Gasteiger partial charge is 0.233 e. The molecule has 1 aliphatic heterocycles. The molecule has 1 aromatic carbocycles. The lowest BCUT2D eigenvalue weighted by molar-refractivity contribution is -0.120. The summed E-state index contributed by atoms with van der Waals surface area (Å²) >= 11 is 1.42. The van der Waals surface area contributed by atoms with E-state index in [1.807, 2.05) is 25.1 Å². The third-order valence-corrected chi connectivity index (χ3v) is 4.30. The molecular formula is C14H17N3O3S. The molecule has 2 aromatic rings. The number of nitrogens with one attached hydrogen (secondary N) is 1. The molecule has 1 aromatic heterocycles. The number of fused-ring (bicyclic) bond motifs is 1. The molecule has 1 fully saturated rings. The van der Waals surface area contributed by atoms with Gasteiger partial charge in [0.15, 0.2) is 5.13 Å². The van der Waals surface area contributed by atoms with Crippen LogP contribution in [0.25, 0.3) is 10.2 Å². The molecule has 0 bridgehead atoms.